The predicted molar refractivity (Wildman–Crippen MR) is 85.4 cm³/mol. The number of nitrogens with two attached hydrogens (primary N) is 1. The van der Waals surface area contributed by atoms with Crippen molar-refractivity contribution in [3.05, 3.63) is 64.3 Å². The topological polar surface area (TPSA) is 56.7 Å². The van der Waals surface area contributed by atoms with Gasteiger partial charge in [-0.2, -0.15) is 0 Å². The summed E-state index contributed by atoms with van der Waals surface area (Å²) in [5.74, 6) is 0. The minimum Gasteiger partial charge on any atom is -0.399 e. The fraction of sp³-hybridized carbons (Fsp3) is 0.0667. The molecule has 4 nitrogen and oxygen atoms in total. The Morgan fingerprint density at radius 3 is 2.52 bits per heavy atom. The summed E-state index contributed by atoms with van der Waals surface area (Å²) in [4.78, 5) is 0. The highest BCUT2D eigenvalue weighted by molar-refractivity contribution is 6.36. The molecule has 3 rings (SSSR count). The van der Waals surface area contributed by atoms with E-state index in [1.54, 1.807) is 23.0 Å². The molecule has 2 N–H and O–H groups in total. The highest BCUT2D eigenvalue weighted by Crippen LogP contribution is 2.29. The molecule has 0 amide bonds. The molecule has 0 radical (unpaired) electrons. The third-order valence-corrected chi connectivity index (χ3v) is 3.68. The molecule has 21 heavy (non-hydrogen) atoms. The maximum atomic E-state index is 6.25. The van der Waals surface area contributed by atoms with E-state index in [0.29, 0.717) is 16.6 Å². The third-order valence-electron chi connectivity index (χ3n) is 3.14. The summed E-state index contributed by atoms with van der Waals surface area (Å²) in [6.45, 7) is 0.592. The van der Waals surface area contributed by atoms with Crippen molar-refractivity contribution in [3.63, 3.8) is 0 Å². The van der Waals surface area contributed by atoms with Crippen molar-refractivity contribution in [3.8, 4) is 11.3 Å². The minimum atomic E-state index is 0.573. The van der Waals surface area contributed by atoms with Crippen molar-refractivity contribution in [1.29, 1.82) is 0 Å². The first kappa shape index (κ1) is 13.9. The standard InChI is InChI=1S/C15H12Cl2N4/c16-11-3-6-13(14(17)7-11)15-8-19-20-21(15)9-10-1-4-12(18)5-2-10/h1-8H,9,18H2. The van der Waals surface area contributed by atoms with Gasteiger partial charge in [-0.1, -0.05) is 40.5 Å². The van der Waals surface area contributed by atoms with E-state index < -0.39 is 0 Å². The van der Waals surface area contributed by atoms with Gasteiger partial charge in [0.05, 0.1) is 23.5 Å². The van der Waals surface area contributed by atoms with Gasteiger partial charge < -0.3 is 5.73 Å². The zero-order valence-electron chi connectivity index (χ0n) is 11.0. The molecule has 6 heteroatoms. The average molecular weight is 319 g/mol. The lowest BCUT2D eigenvalue weighted by molar-refractivity contribution is 0.655. The van der Waals surface area contributed by atoms with E-state index in [-0.39, 0.29) is 0 Å². The number of aromatic nitrogens is 3. The molecule has 2 aromatic carbocycles. The van der Waals surface area contributed by atoms with Crippen molar-refractivity contribution < 1.29 is 0 Å². The second-order valence-electron chi connectivity index (χ2n) is 4.64. The zero-order chi connectivity index (χ0) is 14.8. The van der Waals surface area contributed by atoms with Crippen molar-refractivity contribution in [1.82, 2.24) is 15.0 Å². The van der Waals surface area contributed by atoms with Gasteiger partial charge in [0.25, 0.3) is 0 Å². The first-order chi connectivity index (χ1) is 10.1. The van der Waals surface area contributed by atoms with Gasteiger partial charge in [-0.3, -0.25) is 0 Å². The van der Waals surface area contributed by atoms with Gasteiger partial charge >= 0.3 is 0 Å². The molecule has 0 fully saturated rings. The Bertz CT molecular complexity index is 766. The Morgan fingerprint density at radius 1 is 1.05 bits per heavy atom. The highest BCUT2D eigenvalue weighted by atomic mass is 35.5. The summed E-state index contributed by atoms with van der Waals surface area (Å²) < 4.78 is 1.79. The van der Waals surface area contributed by atoms with Crippen molar-refractivity contribution in [2.45, 2.75) is 6.54 Å². The van der Waals surface area contributed by atoms with E-state index >= 15 is 0 Å². The van der Waals surface area contributed by atoms with Crippen LogP contribution < -0.4 is 5.73 Å². The summed E-state index contributed by atoms with van der Waals surface area (Å²) in [6.07, 6.45) is 1.69. The normalized spacial score (nSPS) is 10.8. The zero-order valence-corrected chi connectivity index (χ0v) is 12.5. The number of hydrogen-bond donors (Lipinski definition) is 1. The number of nitrogen functional groups attached to an aromatic ring is 1. The summed E-state index contributed by atoms with van der Waals surface area (Å²) in [5.41, 5.74) is 9.20. The van der Waals surface area contributed by atoms with Gasteiger partial charge in [0.15, 0.2) is 0 Å². The maximum Gasteiger partial charge on any atom is 0.0904 e. The minimum absolute atomic E-state index is 0.573. The number of nitrogens with zero attached hydrogens (tertiary/aromatic N) is 3. The van der Waals surface area contributed by atoms with Gasteiger partial charge in [0.1, 0.15) is 0 Å². The van der Waals surface area contributed by atoms with Crippen LogP contribution in [0.2, 0.25) is 10.0 Å². The summed E-state index contributed by atoms with van der Waals surface area (Å²) in [7, 11) is 0. The molecule has 0 bridgehead atoms. The van der Waals surface area contributed by atoms with E-state index in [9.17, 15) is 0 Å². The lowest BCUT2D eigenvalue weighted by Crippen LogP contribution is -2.04. The van der Waals surface area contributed by atoms with Gasteiger partial charge in [0.2, 0.25) is 0 Å². The largest absolute Gasteiger partial charge is 0.399 e. The fourth-order valence-corrected chi connectivity index (χ4v) is 2.58. The molecular weight excluding hydrogens is 307 g/mol. The lowest BCUT2D eigenvalue weighted by atomic mass is 10.1. The number of benzene rings is 2. The SMILES string of the molecule is Nc1ccc(Cn2nncc2-c2ccc(Cl)cc2Cl)cc1. The monoisotopic (exact) mass is 318 g/mol. The van der Waals surface area contributed by atoms with Crippen molar-refractivity contribution in [2.75, 3.05) is 5.73 Å². The number of anilines is 1. The molecule has 0 aliphatic heterocycles. The highest BCUT2D eigenvalue weighted by Gasteiger charge is 2.11. The first-order valence-corrected chi connectivity index (χ1v) is 7.07. The predicted octanol–water partition coefficient (Wildman–Crippen LogP) is 3.88. The van der Waals surface area contributed by atoms with Crippen LogP contribution >= 0.6 is 23.2 Å². The molecular formula is C15H12Cl2N4. The van der Waals surface area contributed by atoms with E-state index in [2.05, 4.69) is 10.3 Å². The Labute approximate surface area is 132 Å². The molecule has 0 saturated carbocycles. The Hall–Kier alpha value is -2.04. The van der Waals surface area contributed by atoms with E-state index in [4.69, 9.17) is 28.9 Å². The van der Waals surface area contributed by atoms with Crippen molar-refractivity contribution in [2.24, 2.45) is 0 Å². The molecule has 0 aliphatic carbocycles. The molecule has 1 heterocycles. The molecule has 106 valence electrons. The Balaban J connectivity index is 1.95. The third kappa shape index (κ3) is 3.01. The molecule has 3 aromatic rings. The van der Waals surface area contributed by atoms with Crippen LogP contribution in [0.3, 0.4) is 0 Å². The molecule has 0 saturated heterocycles. The quantitative estimate of drug-likeness (QED) is 0.745. The molecule has 0 unspecified atom stereocenters. The van der Waals surface area contributed by atoms with Crippen LogP contribution in [0.1, 0.15) is 5.56 Å². The van der Waals surface area contributed by atoms with Crippen LogP contribution in [0, 0.1) is 0 Å². The second-order valence-corrected chi connectivity index (χ2v) is 5.49. The summed E-state index contributed by atoms with van der Waals surface area (Å²) in [5, 5.41) is 9.26. The van der Waals surface area contributed by atoms with Crippen molar-refractivity contribution >= 4 is 28.9 Å². The van der Waals surface area contributed by atoms with E-state index in [0.717, 1.165) is 22.5 Å². The molecule has 0 atom stereocenters. The molecule has 1 aromatic heterocycles. The molecule has 0 spiro atoms. The maximum absolute atomic E-state index is 6.25. The number of hydrogen-bond acceptors (Lipinski definition) is 3. The van der Waals surface area contributed by atoms with Crippen LogP contribution in [0.25, 0.3) is 11.3 Å². The first-order valence-electron chi connectivity index (χ1n) is 6.32. The summed E-state index contributed by atoms with van der Waals surface area (Å²) >= 11 is 12.2. The van der Waals surface area contributed by atoms with Crippen LogP contribution in [0.4, 0.5) is 5.69 Å². The number of halogens is 2. The van der Waals surface area contributed by atoms with Gasteiger partial charge in [-0.15, -0.1) is 5.10 Å². The smallest absolute Gasteiger partial charge is 0.0904 e. The lowest BCUT2D eigenvalue weighted by Gasteiger charge is -2.08. The van der Waals surface area contributed by atoms with Crippen LogP contribution in [0.15, 0.2) is 48.7 Å². The Kier molecular flexibility index (Phi) is 3.82. The van der Waals surface area contributed by atoms with E-state index in [1.165, 1.54) is 0 Å². The van der Waals surface area contributed by atoms with Crippen LogP contribution in [-0.4, -0.2) is 15.0 Å². The van der Waals surface area contributed by atoms with Crippen LogP contribution in [-0.2, 0) is 6.54 Å². The van der Waals surface area contributed by atoms with Gasteiger partial charge in [-0.25, -0.2) is 4.68 Å². The fourth-order valence-electron chi connectivity index (χ4n) is 2.08. The summed E-state index contributed by atoms with van der Waals surface area (Å²) in [6, 6.07) is 13.0. The average Bonchev–Trinajstić information content (AvgIpc) is 2.89. The molecule has 0 aliphatic rings. The Morgan fingerprint density at radius 2 is 1.81 bits per heavy atom. The van der Waals surface area contributed by atoms with Gasteiger partial charge in [0, 0.05) is 16.3 Å². The second kappa shape index (κ2) is 5.76. The number of rotatable bonds is 3. The van der Waals surface area contributed by atoms with Gasteiger partial charge in [-0.05, 0) is 35.9 Å². The van der Waals surface area contributed by atoms with Crippen LogP contribution in [0.5, 0.6) is 0 Å². The van der Waals surface area contributed by atoms with E-state index in [1.807, 2.05) is 30.3 Å².